The van der Waals surface area contributed by atoms with Crippen molar-refractivity contribution in [2.24, 2.45) is 0 Å². The number of hydrogen-bond acceptors (Lipinski definition) is 3. The summed E-state index contributed by atoms with van der Waals surface area (Å²) in [4.78, 5) is 4.44. The molecule has 0 radical (unpaired) electrons. The first-order valence-electron chi connectivity index (χ1n) is 6.44. The lowest BCUT2D eigenvalue weighted by atomic mass is 10.1. The van der Waals surface area contributed by atoms with Gasteiger partial charge in [-0.2, -0.15) is 0 Å². The lowest BCUT2D eigenvalue weighted by Gasteiger charge is -2.14. The van der Waals surface area contributed by atoms with E-state index in [9.17, 15) is 0 Å². The van der Waals surface area contributed by atoms with E-state index in [1.165, 1.54) is 0 Å². The average molecular weight is 271 g/mol. The van der Waals surface area contributed by atoms with Crippen LogP contribution in [0.5, 0.6) is 5.75 Å². The van der Waals surface area contributed by atoms with Crippen LogP contribution in [-0.4, -0.2) is 24.0 Å². The van der Waals surface area contributed by atoms with Crippen LogP contribution < -0.4 is 10.1 Å². The first kappa shape index (κ1) is 15.3. The standard InChI is InChI=1S/C14H23ClN2O/c1-5-6-12(15)8-16-9-13-11(3)14(18-4)10(2)7-17-13/h7,12,16H,5-6,8-9H2,1-4H3. The number of halogens is 1. The van der Waals surface area contributed by atoms with E-state index in [1.54, 1.807) is 7.11 Å². The Hall–Kier alpha value is -0.800. The highest BCUT2D eigenvalue weighted by Gasteiger charge is 2.09. The molecule has 1 aromatic heterocycles. The first-order valence-corrected chi connectivity index (χ1v) is 6.87. The molecule has 0 saturated carbocycles. The van der Waals surface area contributed by atoms with Gasteiger partial charge in [-0.15, -0.1) is 11.6 Å². The van der Waals surface area contributed by atoms with Gasteiger partial charge in [0.2, 0.25) is 0 Å². The fourth-order valence-corrected chi connectivity index (χ4v) is 2.34. The van der Waals surface area contributed by atoms with Crippen molar-refractivity contribution in [3.05, 3.63) is 23.0 Å². The Morgan fingerprint density at radius 3 is 2.78 bits per heavy atom. The Morgan fingerprint density at radius 1 is 1.44 bits per heavy atom. The van der Waals surface area contributed by atoms with Crippen LogP contribution in [0.15, 0.2) is 6.20 Å². The molecule has 0 bridgehead atoms. The minimum absolute atomic E-state index is 0.197. The molecule has 18 heavy (non-hydrogen) atoms. The summed E-state index contributed by atoms with van der Waals surface area (Å²) in [5.74, 6) is 0.929. The van der Waals surface area contributed by atoms with E-state index >= 15 is 0 Å². The summed E-state index contributed by atoms with van der Waals surface area (Å²) in [6.07, 6.45) is 4.01. The zero-order chi connectivity index (χ0) is 13.5. The predicted molar refractivity (Wildman–Crippen MR) is 76.5 cm³/mol. The van der Waals surface area contributed by atoms with Gasteiger partial charge < -0.3 is 10.1 Å². The van der Waals surface area contributed by atoms with Crippen LogP contribution in [0.3, 0.4) is 0 Å². The van der Waals surface area contributed by atoms with Crippen molar-refractivity contribution in [2.45, 2.75) is 45.5 Å². The third-order valence-corrected chi connectivity index (χ3v) is 3.38. The molecule has 0 aliphatic carbocycles. The van der Waals surface area contributed by atoms with E-state index < -0.39 is 0 Å². The number of alkyl halides is 1. The summed E-state index contributed by atoms with van der Waals surface area (Å²) in [6.45, 7) is 7.74. The van der Waals surface area contributed by atoms with Gasteiger partial charge in [-0.05, 0) is 20.3 Å². The van der Waals surface area contributed by atoms with Crippen LogP contribution in [0.2, 0.25) is 0 Å². The molecule has 0 aliphatic rings. The normalized spacial score (nSPS) is 12.5. The lowest BCUT2D eigenvalue weighted by molar-refractivity contribution is 0.406. The number of aromatic nitrogens is 1. The first-order chi connectivity index (χ1) is 8.60. The summed E-state index contributed by atoms with van der Waals surface area (Å²) in [6, 6.07) is 0. The molecule has 1 heterocycles. The molecule has 1 N–H and O–H groups in total. The Labute approximate surface area is 115 Å². The SMILES string of the molecule is CCCC(Cl)CNCc1ncc(C)c(OC)c1C. The molecule has 0 fully saturated rings. The van der Waals surface area contributed by atoms with E-state index in [0.29, 0.717) is 0 Å². The number of methoxy groups -OCH3 is 1. The molecule has 0 saturated heterocycles. The monoisotopic (exact) mass is 270 g/mol. The molecule has 1 aromatic rings. The van der Waals surface area contributed by atoms with Crippen molar-refractivity contribution in [2.75, 3.05) is 13.7 Å². The van der Waals surface area contributed by atoms with Crippen molar-refractivity contribution in [3.8, 4) is 5.75 Å². The predicted octanol–water partition coefficient (Wildman–Crippen LogP) is 3.20. The molecule has 0 aromatic carbocycles. The lowest BCUT2D eigenvalue weighted by Crippen LogP contribution is -2.23. The number of nitrogens with zero attached hydrogens (tertiary/aromatic N) is 1. The summed E-state index contributed by atoms with van der Waals surface area (Å²) in [5, 5.41) is 3.54. The highest BCUT2D eigenvalue weighted by atomic mass is 35.5. The van der Waals surface area contributed by atoms with E-state index in [2.05, 4.69) is 17.2 Å². The number of hydrogen-bond donors (Lipinski definition) is 1. The molecule has 0 aliphatic heterocycles. The maximum absolute atomic E-state index is 6.16. The van der Waals surface area contributed by atoms with Gasteiger partial charge in [0.05, 0.1) is 12.8 Å². The number of rotatable bonds is 7. The van der Waals surface area contributed by atoms with Crippen molar-refractivity contribution < 1.29 is 4.74 Å². The van der Waals surface area contributed by atoms with Gasteiger partial charge in [-0.25, -0.2) is 0 Å². The van der Waals surface area contributed by atoms with Gasteiger partial charge >= 0.3 is 0 Å². The van der Waals surface area contributed by atoms with Gasteiger partial charge in [0.25, 0.3) is 0 Å². The maximum Gasteiger partial charge on any atom is 0.128 e. The summed E-state index contributed by atoms with van der Waals surface area (Å²) in [5.41, 5.74) is 3.20. The van der Waals surface area contributed by atoms with E-state index in [1.807, 2.05) is 20.0 Å². The van der Waals surface area contributed by atoms with Crippen LogP contribution in [-0.2, 0) is 6.54 Å². The Bertz CT molecular complexity index is 382. The van der Waals surface area contributed by atoms with Gasteiger partial charge in [-0.1, -0.05) is 13.3 Å². The number of aryl methyl sites for hydroxylation is 1. The quantitative estimate of drug-likeness (QED) is 0.773. The Morgan fingerprint density at radius 2 is 2.17 bits per heavy atom. The van der Waals surface area contributed by atoms with Crippen molar-refractivity contribution in [3.63, 3.8) is 0 Å². The highest BCUT2D eigenvalue weighted by molar-refractivity contribution is 6.20. The molecule has 0 spiro atoms. The molecule has 102 valence electrons. The van der Waals surface area contributed by atoms with E-state index in [0.717, 1.165) is 48.5 Å². The van der Waals surface area contributed by atoms with E-state index in [-0.39, 0.29) is 5.38 Å². The number of nitrogens with one attached hydrogen (secondary N) is 1. The fourth-order valence-electron chi connectivity index (χ4n) is 2.01. The number of ether oxygens (including phenoxy) is 1. The summed E-state index contributed by atoms with van der Waals surface area (Å²) < 4.78 is 5.39. The van der Waals surface area contributed by atoms with Crippen LogP contribution in [0.25, 0.3) is 0 Å². The van der Waals surface area contributed by atoms with Crippen molar-refractivity contribution >= 4 is 11.6 Å². The molecule has 1 unspecified atom stereocenters. The topological polar surface area (TPSA) is 34.2 Å². The van der Waals surface area contributed by atoms with Gasteiger partial charge in [0.1, 0.15) is 5.75 Å². The molecule has 3 nitrogen and oxygen atoms in total. The van der Waals surface area contributed by atoms with Crippen LogP contribution in [0.1, 0.15) is 36.6 Å². The maximum atomic E-state index is 6.16. The summed E-state index contributed by atoms with van der Waals surface area (Å²) in [7, 11) is 1.70. The number of pyridine rings is 1. The molecular formula is C14H23ClN2O. The second-order valence-electron chi connectivity index (χ2n) is 4.56. The van der Waals surface area contributed by atoms with Gasteiger partial charge in [0, 0.05) is 35.8 Å². The molecule has 0 amide bonds. The minimum atomic E-state index is 0.197. The van der Waals surface area contributed by atoms with Crippen LogP contribution >= 0.6 is 11.6 Å². The second kappa shape index (κ2) is 7.59. The third-order valence-electron chi connectivity index (χ3n) is 3.01. The molecule has 1 atom stereocenters. The average Bonchev–Trinajstić information content (AvgIpc) is 2.33. The highest BCUT2D eigenvalue weighted by Crippen LogP contribution is 2.23. The Kier molecular flexibility index (Phi) is 6.44. The molecule has 1 rings (SSSR count). The zero-order valence-corrected chi connectivity index (χ0v) is 12.5. The molecular weight excluding hydrogens is 248 g/mol. The second-order valence-corrected chi connectivity index (χ2v) is 5.18. The zero-order valence-electron chi connectivity index (χ0n) is 11.7. The smallest absolute Gasteiger partial charge is 0.128 e. The third kappa shape index (κ3) is 4.14. The van der Waals surface area contributed by atoms with Gasteiger partial charge in [-0.3, -0.25) is 4.98 Å². The fraction of sp³-hybridized carbons (Fsp3) is 0.643. The van der Waals surface area contributed by atoms with Crippen molar-refractivity contribution in [1.29, 1.82) is 0 Å². The van der Waals surface area contributed by atoms with Gasteiger partial charge in [0.15, 0.2) is 0 Å². The van der Waals surface area contributed by atoms with Crippen molar-refractivity contribution in [1.82, 2.24) is 10.3 Å². The largest absolute Gasteiger partial charge is 0.496 e. The summed E-state index contributed by atoms with van der Waals surface area (Å²) >= 11 is 6.16. The van der Waals surface area contributed by atoms with Crippen LogP contribution in [0, 0.1) is 13.8 Å². The van der Waals surface area contributed by atoms with E-state index in [4.69, 9.17) is 16.3 Å². The minimum Gasteiger partial charge on any atom is -0.496 e. The Balaban J connectivity index is 2.58. The van der Waals surface area contributed by atoms with Crippen LogP contribution in [0.4, 0.5) is 0 Å². The molecule has 4 heteroatoms.